The van der Waals surface area contributed by atoms with Crippen molar-refractivity contribution in [2.24, 2.45) is 0 Å². The first-order chi connectivity index (χ1) is 37.0. The molecule has 0 N–H and O–H groups in total. The fourth-order valence-corrected chi connectivity index (χ4v) is 10.6. The summed E-state index contributed by atoms with van der Waals surface area (Å²) >= 11 is 0. The molecule has 444 valence electrons. The average molecular weight is 1060 g/mol. The van der Waals surface area contributed by atoms with Crippen LogP contribution < -0.4 is 0 Å². The number of carbonyl (C=O) groups excluding carboxylic acids is 3. The van der Waals surface area contributed by atoms with Gasteiger partial charge in [-0.25, -0.2) is 0 Å². The monoisotopic (exact) mass is 1060 g/mol. The molecule has 0 heterocycles. The molecule has 0 saturated heterocycles. The second-order valence-electron chi connectivity index (χ2n) is 23.5. The van der Waals surface area contributed by atoms with E-state index in [0.717, 1.165) is 57.8 Å². The third-order valence-corrected chi connectivity index (χ3v) is 15.8. The normalized spacial score (nSPS) is 12.0. The zero-order chi connectivity index (χ0) is 54.3. The molecule has 0 aliphatic heterocycles. The Balaban J connectivity index is 4.15. The highest BCUT2D eigenvalue weighted by atomic mass is 16.6. The van der Waals surface area contributed by atoms with Crippen LogP contribution in [0.4, 0.5) is 0 Å². The molecule has 0 aromatic heterocycles. The number of esters is 3. The van der Waals surface area contributed by atoms with E-state index in [0.29, 0.717) is 19.3 Å². The quantitative estimate of drug-likeness (QED) is 0.0261. The van der Waals surface area contributed by atoms with Crippen molar-refractivity contribution in [2.45, 2.75) is 399 Å². The molecular weight excluding hydrogens is 925 g/mol. The number of allylic oxidation sites excluding steroid dienone is 2. The number of ether oxygens (including phenoxy) is 3. The SMILES string of the molecule is CCCCCCCCCC/C=C\CCCCCCCCCCCCCC(=O)OC(COC(=O)CCCCCCCCCCCC)COC(=O)CCCCCCCCCCCCCCCCCCCCCCCCCC. The molecule has 1 atom stereocenters. The largest absolute Gasteiger partial charge is 0.462 e. The summed E-state index contributed by atoms with van der Waals surface area (Å²) in [6.45, 7) is 6.71. The summed E-state index contributed by atoms with van der Waals surface area (Å²) in [5.74, 6) is -0.834. The van der Waals surface area contributed by atoms with Crippen LogP contribution in [0.25, 0.3) is 0 Å². The van der Waals surface area contributed by atoms with Gasteiger partial charge in [0.2, 0.25) is 0 Å². The van der Waals surface area contributed by atoms with Crippen LogP contribution in [0.2, 0.25) is 0 Å². The molecule has 1 unspecified atom stereocenters. The minimum absolute atomic E-state index is 0.0635. The van der Waals surface area contributed by atoms with Gasteiger partial charge in [0, 0.05) is 19.3 Å². The van der Waals surface area contributed by atoms with Gasteiger partial charge in [0.25, 0.3) is 0 Å². The molecular formula is C69H132O6. The van der Waals surface area contributed by atoms with Crippen molar-refractivity contribution in [3.05, 3.63) is 12.2 Å². The first-order valence-electron chi connectivity index (χ1n) is 34.2. The predicted octanol–water partition coefficient (Wildman–Crippen LogP) is 23.2. The maximum absolute atomic E-state index is 12.9. The van der Waals surface area contributed by atoms with Gasteiger partial charge in [-0.2, -0.15) is 0 Å². The smallest absolute Gasteiger partial charge is 0.306 e. The van der Waals surface area contributed by atoms with Crippen molar-refractivity contribution in [3.63, 3.8) is 0 Å². The van der Waals surface area contributed by atoms with E-state index < -0.39 is 6.10 Å². The van der Waals surface area contributed by atoms with Crippen LogP contribution in [-0.4, -0.2) is 37.2 Å². The summed E-state index contributed by atoms with van der Waals surface area (Å²) in [5.41, 5.74) is 0. The topological polar surface area (TPSA) is 78.9 Å². The molecule has 0 aliphatic rings. The van der Waals surface area contributed by atoms with Crippen molar-refractivity contribution in [2.75, 3.05) is 13.2 Å². The van der Waals surface area contributed by atoms with Crippen LogP contribution in [0.15, 0.2) is 12.2 Å². The summed E-state index contributed by atoms with van der Waals surface area (Å²) < 4.78 is 16.9. The summed E-state index contributed by atoms with van der Waals surface area (Å²) in [6, 6.07) is 0. The maximum Gasteiger partial charge on any atom is 0.306 e. The lowest BCUT2D eigenvalue weighted by molar-refractivity contribution is -0.167. The van der Waals surface area contributed by atoms with Gasteiger partial charge in [-0.05, 0) is 44.9 Å². The molecule has 75 heavy (non-hydrogen) atoms. The van der Waals surface area contributed by atoms with Crippen LogP contribution >= 0.6 is 0 Å². The molecule has 0 amide bonds. The fraction of sp³-hybridized carbons (Fsp3) is 0.928. The number of hydrogen-bond acceptors (Lipinski definition) is 6. The number of hydrogen-bond donors (Lipinski definition) is 0. The summed E-state index contributed by atoms with van der Waals surface area (Å²) in [4.78, 5) is 38.3. The molecule has 0 radical (unpaired) electrons. The number of carbonyl (C=O) groups is 3. The van der Waals surface area contributed by atoms with Crippen molar-refractivity contribution in [1.29, 1.82) is 0 Å². The highest BCUT2D eigenvalue weighted by molar-refractivity contribution is 5.71. The lowest BCUT2D eigenvalue weighted by atomic mass is 10.0. The van der Waals surface area contributed by atoms with E-state index >= 15 is 0 Å². The van der Waals surface area contributed by atoms with Gasteiger partial charge in [-0.15, -0.1) is 0 Å². The third-order valence-electron chi connectivity index (χ3n) is 15.8. The Morgan fingerprint density at radius 2 is 0.440 bits per heavy atom. The minimum atomic E-state index is -0.765. The van der Waals surface area contributed by atoms with Gasteiger partial charge < -0.3 is 14.2 Å². The van der Waals surface area contributed by atoms with Gasteiger partial charge in [0.15, 0.2) is 6.10 Å². The van der Waals surface area contributed by atoms with E-state index in [1.54, 1.807) is 0 Å². The van der Waals surface area contributed by atoms with Crippen LogP contribution in [-0.2, 0) is 28.6 Å². The van der Waals surface area contributed by atoms with Gasteiger partial charge in [-0.1, -0.05) is 341 Å². The zero-order valence-electron chi connectivity index (χ0n) is 51.1. The van der Waals surface area contributed by atoms with E-state index in [-0.39, 0.29) is 31.1 Å². The summed E-state index contributed by atoms with van der Waals surface area (Å²) in [6.07, 6.45) is 76.7. The molecule has 0 aromatic rings. The first-order valence-corrected chi connectivity index (χ1v) is 34.2. The Morgan fingerprint density at radius 1 is 0.253 bits per heavy atom. The Labute approximate surface area is 469 Å². The Hall–Kier alpha value is -1.85. The third kappa shape index (κ3) is 62.9. The molecule has 0 spiro atoms. The maximum atomic E-state index is 12.9. The zero-order valence-corrected chi connectivity index (χ0v) is 51.1. The number of rotatable bonds is 64. The van der Waals surface area contributed by atoms with Crippen LogP contribution in [0.1, 0.15) is 393 Å². The second kappa shape index (κ2) is 64.7. The summed E-state index contributed by atoms with van der Waals surface area (Å²) in [5, 5.41) is 0. The Morgan fingerprint density at radius 3 is 0.667 bits per heavy atom. The van der Waals surface area contributed by atoms with Crippen LogP contribution in [0.3, 0.4) is 0 Å². The van der Waals surface area contributed by atoms with E-state index in [1.807, 2.05) is 0 Å². The summed E-state index contributed by atoms with van der Waals surface area (Å²) in [7, 11) is 0. The van der Waals surface area contributed by atoms with E-state index in [2.05, 4.69) is 32.9 Å². The van der Waals surface area contributed by atoms with Gasteiger partial charge in [-0.3, -0.25) is 14.4 Å². The van der Waals surface area contributed by atoms with E-state index in [9.17, 15) is 14.4 Å². The molecule has 0 saturated carbocycles. The van der Waals surface area contributed by atoms with Crippen molar-refractivity contribution in [3.8, 4) is 0 Å². The highest BCUT2D eigenvalue weighted by Gasteiger charge is 2.19. The lowest BCUT2D eigenvalue weighted by Crippen LogP contribution is -2.30. The fourth-order valence-electron chi connectivity index (χ4n) is 10.6. The Kier molecular flexibility index (Phi) is 63.1. The molecule has 0 aromatic carbocycles. The molecule has 0 fully saturated rings. The predicted molar refractivity (Wildman–Crippen MR) is 326 cm³/mol. The van der Waals surface area contributed by atoms with Gasteiger partial charge in [0.05, 0.1) is 0 Å². The molecule has 0 rings (SSSR count). The average Bonchev–Trinajstić information content (AvgIpc) is 3.41. The van der Waals surface area contributed by atoms with Gasteiger partial charge in [0.1, 0.15) is 13.2 Å². The number of unbranched alkanes of at least 4 members (excludes halogenated alkanes) is 51. The highest BCUT2D eigenvalue weighted by Crippen LogP contribution is 2.19. The van der Waals surface area contributed by atoms with Crippen molar-refractivity contribution in [1.82, 2.24) is 0 Å². The van der Waals surface area contributed by atoms with Crippen LogP contribution in [0.5, 0.6) is 0 Å². The van der Waals surface area contributed by atoms with Gasteiger partial charge >= 0.3 is 17.9 Å². The molecule has 6 nitrogen and oxygen atoms in total. The second-order valence-corrected chi connectivity index (χ2v) is 23.5. The van der Waals surface area contributed by atoms with Crippen molar-refractivity contribution >= 4 is 17.9 Å². The van der Waals surface area contributed by atoms with E-state index in [1.165, 1.54) is 295 Å². The molecule has 6 heteroatoms. The Bertz CT molecular complexity index is 1170. The molecule has 0 aliphatic carbocycles. The van der Waals surface area contributed by atoms with Crippen molar-refractivity contribution < 1.29 is 28.6 Å². The lowest BCUT2D eigenvalue weighted by Gasteiger charge is -2.18. The molecule has 0 bridgehead atoms. The van der Waals surface area contributed by atoms with E-state index in [4.69, 9.17) is 14.2 Å². The first kappa shape index (κ1) is 73.2. The standard InChI is InChI=1S/C69H132O6/c1-4-7-10-13-16-19-22-24-26-28-30-32-34-36-37-39-41-43-45-47-50-53-56-59-62-68(71)74-65-66(64-73-67(70)61-58-55-52-49-21-18-15-12-9-6-3)75-69(72)63-60-57-54-51-48-46-44-42-40-38-35-33-31-29-27-25-23-20-17-14-11-8-5-2/h29,31,66H,4-28,30,32-65H2,1-3H3/b31-29-. The van der Waals surface area contributed by atoms with Crippen LogP contribution in [0, 0.1) is 0 Å². The minimum Gasteiger partial charge on any atom is -0.462 e.